The smallest absolute Gasteiger partial charge is 0.131 e. The largest absolute Gasteiger partial charge is 0.376 e. The fourth-order valence-electron chi connectivity index (χ4n) is 2.23. The molecule has 100 valence electrons. The zero-order chi connectivity index (χ0) is 12.8. The summed E-state index contributed by atoms with van der Waals surface area (Å²) in [5.41, 5.74) is 0. The van der Waals surface area contributed by atoms with Gasteiger partial charge < -0.3 is 15.0 Å². The average Bonchev–Trinajstić information content (AvgIpc) is 2.65. The van der Waals surface area contributed by atoms with E-state index in [1.165, 1.54) is 0 Å². The fourth-order valence-corrected chi connectivity index (χ4v) is 2.23. The van der Waals surface area contributed by atoms with Crippen LogP contribution in [0.2, 0.25) is 0 Å². The van der Waals surface area contributed by atoms with Gasteiger partial charge in [0, 0.05) is 26.2 Å². The second-order valence-corrected chi connectivity index (χ2v) is 4.61. The molecule has 0 aromatic carbocycles. The van der Waals surface area contributed by atoms with Crippen molar-refractivity contribution in [3.8, 4) is 0 Å². The van der Waals surface area contributed by atoms with Crippen LogP contribution in [0.15, 0.2) is 18.2 Å². The first-order valence-corrected chi connectivity index (χ1v) is 6.91. The molecular weight excluding hydrogens is 226 g/mol. The predicted octanol–water partition coefficient (Wildman–Crippen LogP) is 2.52. The topological polar surface area (TPSA) is 37.4 Å². The highest BCUT2D eigenvalue weighted by atomic mass is 16.5. The molecule has 4 nitrogen and oxygen atoms in total. The molecule has 0 amide bonds. The summed E-state index contributed by atoms with van der Waals surface area (Å²) >= 11 is 0. The van der Waals surface area contributed by atoms with Gasteiger partial charge in [0.2, 0.25) is 0 Å². The summed E-state index contributed by atoms with van der Waals surface area (Å²) in [6, 6.07) is 6.16. The van der Waals surface area contributed by atoms with E-state index in [0.29, 0.717) is 6.10 Å². The summed E-state index contributed by atoms with van der Waals surface area (Å²) < 4.78 is 5.80. The molecular formula is C14H23N3O. The Bertz CT molecular complexity index is 370. The third-order valence-corrected chi connectivity index (χ3v) is 3.22. The molecule has 1 atom stereocenters. The minimum atomic E-state index is 0.331. The first-order valence-electron chi connectivity index (χ1n) is 6.91. The summed E-state index contributed by atoms with van der Waals surface area (Å²) in [6.07, 6.45) is 2.46. The van der Waals surface area contributed by atoms with Crippen LogP contribution in [0.1, 0.15) is 26.7 Å². The van der Waals surface area contributed by atoms with Crippen molar-refractivity contribution >= 4 is 11.6 Å². The van der Waals surface area contributed by atoms with Gasteiger partial charge in [-0.1, -0.05) is 13.0 Å². The van der Waals surface area contributed by atoms with E-state index in [-0.39, 0.29) is 0 Å². The standard InChI is InChI=1S/C14H23N3O/c1-3-12-11-17(9-6-10-18-12)14-8-5-7-13(16-14)15-4-2/h5,7-8,12H,3-4,6,9-11H2,1-2H3,(H,15,16). The van der Waals surface area contributed by atoms with E-state index in [0.717, 1.165) is 50.7 Å². The molecule has 1 saturated heterocycles. The molecule has 1 N–H and O–H groups in total. The van der Waals surface area contributed by atoms with Crippen molar-refractivity contribution in [1.29, 1.82) is 0 Å². The van der Waals surface area contributed by atoms with E-state index in [9.17, 15) is 0 Å². The van der Waals surface area contributed by atoms with Crippen LogP contribution in [0.25, 0.3) is 0 Å². The van der Waals surface area contributed by atoms with Crippen molar-refractivity contribution in [2.24, 2.45) is 0 Å². The fraction of sp³-hybridized carbons (Fsp3) is 0.643. The van der Waals surface area contributed by atoms with Crippen molar-refractivity contribution in [3.63, 3.8) is 0 Å². The van der Waals surface area contributed by atoms with Crippen LogP contribution in [0.5, 0.6) is 0 Å². The normalized spacial score (nSPS) is 20.6. The first kappa shape index (κ1) is 13.1. The lowest BCUT2D eigenvalue weighted by Gasteiger charge is -2.24. The van der Waals surface area contributed by atoms with Gasteiger partial charge in [-0.3, -0.25) is 0 Å². The van der Waals surface area contributed by atoms with E-state index in [1.54, 1.807) is 0 Å². The van der Waals surface area contributed by atoms with Gasteiger partial charge in [0.25, 0.3) is 0 Å². The lowest BCUT2D eigenvalue weighted by atomic mass is 10.2. The molecule has 1 aromatic heterocycles. The number of aromatic nitrogens is 1. The first-order chi connectivity index (χ1) is 8.83. The summed E-state index contributed by atoms with van der Waals surface area (Å²) in [5.74, 6) is 2.01. The third-order valence-electron chi connectivity index (χ3n) is 3.22. The molecule has 0 saturated carbocycles. The molecule has 4 heteroatoms. The van der Waals surface area contributed by atoms with Crippen LogP contribution in [0, 0.1) is 0 Å². The van der Waals surface area contributed by atoms with E-state index in [2.05, 4.69) is 41.2 Å². The highest BCUT2D eigenvalue weighted by Crippen LogP contribution is 2.18. The van der Waals surface area contributed by atoms with Crippen LogP contribution < -0.4 is 10.2 Å². The van der Waals surface area contributed by atoms with Crippen LogP contribution >= 0.6 is 0 Å². The molecule has 2 heterocycles. The summed E-state index contributed by atoms with van der Waals surface area (Å²) in [5, 5.41) is 3.26. The SMILES string of the molecule is CCNc1cccc(N2CCCOC(CC)C2)n1. The summed E-state index contributed by atoms with van der Waals surface area (Å²) in [6.45, 7) is 8.00. The van der Waals surface area contributed by atoms with Gasteiger partial charge in [-0.05, 0) is 31.9 Å². The zero-order valence-corrected chi connectivity index (χ0v) is 11.4. The van der Waals surface area contributed by atoms with Crippen LogP contribution in [-0.2, 0) is 4.74 Å². The van der Waals surface area contributed by atoms with Crippen molar-refractivity contribution < 1.29 is 4.74 Å². The number of hydrogen-bond acceptors (Lipinski definition) is 4. The Balaban J connectivity index is 2.10. The average molecular weight is 249 g/mol. The molecule has 1 aliphatic heterocycles. The van der Waals surface area contributed by atoms with E-state index >= 15 is 0 Å². The third kappa shape index (κ3) is 3.35. The Hall–Kier alpha value is -1.29. The molecule has 1 aromatic rings. The van der Waals surface area contributed by atoms with Crippen LogP contribution in [0.3, 0.4) is 0 Å². The number of nitrogens with one attached hydrogen (secondary N) is 1. The number of hydrogen-bond donors (Lipinski definition) is 1. The van der Waals surface area contributed by atoms with Gasteiger partial charge in [0.1, 0.15) is 11.6 Å². The Morgan fingerprint density at radius 2 is 2.33 bits per heavy atom. The molecule has 0 bridgehead atoms. The van der Waals surface area contributed by atoms with Gasteiger partial charge >= 0.3 is 0 Å². The van der Waals surface area contributed by atoms with Gasteiger partial charge in [-0.2, -0.15) is 0 Å². The lowest BCUT2D eigenvalue weighted by Crippen LogP contribution is -2.32. The van der Waals surface area contributed by atoms with Crippen molar-refractivity contribution in [1.82, 2.24) is 4.98 Å². The van der Waals surface area contributed by atoms with Crippen LogP contribution in [-0.4, -0.2) is 37.3 Å². The Morgan fingerprint density at radius 3 is 3.11 bits per heavy atom. The molecule has 18 heavy (non-hydrogen) atoms. The van der Waals surface area contributed by atoms with Crippen molar-refractivity contribution in [3.05, 3.63) is 18.2 Å². The monoisotopic (exact) mass is 249 g/mol. The highest BCUT2D eigenvalue weighted by molar-refractivity contribution is 5.47. The zero-order valence-electron chi connectivity index (χ0n) is 11.4. The molecule has 0 spiro atoms. The maximum atomic E-state index is 5.80. The van der Waals surface area contributed by atoms with E-state index < -0.39 is 0 Å². The lowest BCUT2D eigenvalue weighted by molar-refractivity contribution is 0.0664. The van der Waals surface area contributed by atoms with Crippen molar-refractivity contribution in [2.75, 3.05) is 36.5 Å². The number of pyridine rings is 1. The summed E-state index contributed by atoms with van der Waals surface area (Å²) in [4.78, 5) is 6.99. The number of anilines is 2. The Kier molecular flexibility index (Phi) is 4.81. The second kappa shape index (κ2) is 6.59. The quantitative estimate of drug-likeness (QED) is 0.889. The van der Waals surface area contributed by atoms with Crippen LogP contribution in [0.4, 0.5) is 11.6 Å². The molecule has 0 radical (unpaired) electrons. The van der Waals surface area contributed by atoms with Crippen molar-refractivity contribution in [2.45, 2.75) is 32.8 Å². The maximum Gasteiger partial charge on any atom is 0.131 e. The molecule has 1 aliphatic rings. The maximum absolute atomic E-state index is 5.80. The Labute approximate surface area is 109 Å². The second-order valence-electron chi connectivity index (χ2n) is 4.61. The highest BCUT2D eigenvalue weighted by Gasteiger charge is 2.18. The minimum absolute atomic E-state index is 0.331. The van der Waals surface area contributed by atoms with E-state index in [1.807, 2.05) is 6.07 Å². The molecule has 2 rings (SSSR count). The van der Waals surface area contributed by atoms with Gasteiger partial charge in [0.15, 0.2) is 0 Å². The van der Waals surface area contributed by atoms with Gasteiger partial charge in [-0.25, -0.2) is 4.98 Å². The summed E-state index contributed by atoms with van der Waals surface area (Å²) in [7, 11) is 0. The number of rotatable bonds is 4. The van der Waals surface area contributed by atoms with Gasteiger partial charge in [0.05, 0.1) is 6.10 Å². The minimum Gasteiger partial charge on any atom is -0.376 e. The molecule has 1 unspecified atom stereocenters. The van der Waals surface area contributed by atoms with E-state index in [4.69, 9.17) is 4.74 Å². The predicted molar refractivity (Wildman–Crippen MR) is 75.3 cm³/mol. The molecule has 1 fully saturated rings. The van der Waals surface area contributed by atoms with Gasteiger partial charge in [-0.15, -0.1) is 0 Å². The molecule has 0 aliphatic carbocycles. The number of ether oxygens (including phenoxy) is 1. The Morgan fingerprint density at radius 1 is 1.44 bits per heavy atom. The number of nitrogens with zero attached hydrogens (tertiary/aromatic N) is 2.